The zero-order valence-corrected chi connectivity index (χ0v) is 18.8. The Morgan fingerprint density at radius 3 is 2.57 bits per heavy atom. The lowest BCUT2D eigenvalue weighted by molar-refractivity contribution is 0.198. The van der Waals surface area contributed by atoms with E-state index in [0.717, 1.165) is 5.56 Å². The van der Waals surface area contributed by atoms with Gasteiger partial charge in [0.15, 0.2) is 5.03 Å². The highest BCUT2D eigenvalue weighted by atomic mass is 35.5. The summed E-state index contributed by atoms with van der Waals surface area (Å²) in [7, 11) is 0. The van der Waals surface area contributed by atoms with Gasteiger partial charge in [-0.2, -0.15) is 0 Å². The van der Waals surface area contributed by atoms with E-state index in [2.05, 4.69) is 25.8 Å². The molecule has 1 heterocycles. The van der Waals surface area contributed by atoms with Gasteiger partial charge in [-0.15, -0.1) is 11.8 Å². The summed E-state index contributed by atoms with van der Waals surface area (Å²) < 4.78 is 20.3. The van der Waals surface area contributed by atoms with Crippen LogP contribution >= 0.6 is 23.4 Å². The highest BCUT2D eigenvalue weighted by Crippen LogP contribution is 2.28. The molecule has 158 valence electrons. The largest absolute Gasteiger partial charge is 0.491 e. The minimum absolute atomic E-state index is 0.0179. The smallest absolute Gasteiger partial charge is 0.287 e. The Hall–Kier alpha value is -2.31. The van der Waals surface area contributed by atoms with E-state index in [4.69, 9.17) is 16.3 Å². The number of benzene rings is 2. The summed E-state index contributed by atoms with van der Waals surface area (Å²) >= 11 is 7.75. The van der Waals surface area contributed by atoms with Crippen LogP contribution in [0.15, 0.2) is 64.7 Å². The normalized spacial score (nSPS) is 11.5. The Morgan fingerprint density at radius 1 is 1.17 bits per heavy atom. The molecule has 3 rings (SSSR count). The van der Waals surface area contributed by atoms with Gasteiger partial charge in [-0.1, -0.05) is 44.5 Å². The number of thioether (sulfide) groups is 1. The summed E-state index contributed by atoms with van der Waals surface area (Å²) in [5.74, 6) is 0.997. The molecule has 0 N–H and O–H groups in total. The van der Waals surface area contributed by atoms with Crippen LogP contribution in [0.2, 0.25) is 5.02 Å². The Labute approximate surface area is 185 Å². The van der Waals surface area contributed by atoms with Crippen molar-refractivity contribution in [2.45, 2.75) is 32.2 Å². The zero-order valence-electron chi connectivity index (χ0n) is 17.2. The molecule has 1 aromatic heterocycles. The fourth-order valence-corrected chi connectivity index (χ4v) is 3.78. The molecule has 0 aliphatic carbocycles. The third kappa shape index (κ3) is 6.09. The third-order valence-corrected chi connectivity index (χ3v) is 5.46. The van der Waals surface area contributed by atoms with Gasteiger partial charge in [0.05, 0.1) is 17.3 Å². The lowest BCUT2D eigenvalue weighted by atomic mass is 9.99. The van der Waals surface area contributed by atoms with Crippen LogP contribution in [0.4, 0.5) is 4.39 Å². The Morgan fingerprint density at radius 2 is 1.90 bits per heavy atom. The molecule has 0 spiro atoms. The summed E-state index contributed by atoms with van der Waals surface area (Å²) in [5, 5.41) is 0.856. The van der Waals surface area contributed by atoms with E-state index >= 15 is 0 Å². The molecule has 0 aliphatic heterocycles. The van der Waals surface area contributed by atoms with Gasteiger partial charge in [0.25, 0.3) is 5.56 Å². The minimum atomic E-state index is -0.257. The summed E-state index contributed by atoms with van der Waals surface area (Å²) in [6.07, 6.45) is 3.93. The maximum Gasteiger partial charge on any atom is 0.287 e. The molecule has 4 nitrogen and oxygen atoms in total. The summed E-state index contributed by atoms with van der Waals surface area (Å²) in [5.41, 5.74) is 1.47. The fourth-order valence-electron chi connectivity index (χ4n) is 2.66. The van der Waals surface area contributed by atoms with Gasteiger partial charge in [-0.05, 0) is 47.7 Å². The number of ether oxygens (including phenoxy) is 1. The van der Waals surface area contributed by atoms with E-state index in [9.17, 15) is 9.18 Å². The number of aryl methyl sites for hydroxylation is 1. The number of hydrogen-bond donors (Lipinski definition) is 0. The topological polar surface area (TPSA) is 44.1 Å². The van der Waals surface area contributed by atoms with E-state index in [1.54, 1.807) is 42.7 Å². The molecule has 0 amide bonds. The Balaban J connectivity index is 1.71. The maximum atomic E-state index is 13.0. The fraction of sp³-hybridized carbons (Fsp3) is 0.304. The number of nitrogens with zero attached hydrogens (tertiary/aromatic N) is 2. The second kappa shape index (κ2) is 9.67. The van der Waals surface area contributed by atoms with Crippen molar-refractivity contribution in [2.75, 3.05) is 12.4 Å². The van der Waals surface area contributed by atoms with Crippen molar-refractivity contribution >= 4 is 23.4 Å². The van der Waals surface area contributed by atoms with E-state index in [-0.39, 0.29) is 16.8 Å². The van der Waals surface area contributed by atoms with Gasteiger partial charge in [0.2, 0.25) is 0 Å². The van der Waals surface area contributed by atoms with Crippen LogP contribution in [0.25, 0.3) is 5.69 Å². The number of rotatable bonds is 7. The maximum absolute atomic E-state index is 13.0. The quantitative estimate of drug-likeness (QED) is 0.431. The molecule has 0 radical (unpaired) electrons. The van der Waals surface area contributed by atoms with Crippen LogP contribution in [-0.2, 0) is 6.42 Å². The van der Waals surface area contributed by atoms with Crippen LogP contribution in [0, 0.1) is 11.2 Å². The molecule has 7 heteroatoms. The van der Waals surface area contributed by atoms with Crippen molar-refractivity contribution in [2.24, 2.45) is 5.41 Å². The monoisotopic (exact) mass is 446 g/mol. The number of halogens is 2. The molecule has 0 saturated heterocycles. The molecule has 0 atom stereocenters. The van der Waals surface area contributed by atoms with Crippen molar-refractivity contribution in [3.8, 4) is 11.4 Å². The average molecular weight is 447 g/mol. The number of aromatic nitrogens is 2. The van der Waals surface area contributed by atoms with Gasteiger partial charge in [-0.25, -0.2) is 9.37 Å². The molecular weight excluding hydrogens is 423 g/mol. The van der Waals surface area contributed by atoms with E-state index in [1.165, 1.54) is 28.5 Å². The van der Waals surface area contributed by atoms with E-state index in [0.29, 0.717) is 40.3 Å². The first-order chi connectivity index (χ1) is 14.2. The highest BCUT2D eigenvalue weighted by Gasteiger charge is 2.14. The molecule has 0 fully saturated rings. The Kier molecular flexibility index (Phi) is 7.21. The predicted molar refractivity (Wildman–Crippen MR) is 121 cm³/mol. The highest BCUT2D eigenvalue weighted by molar-refractivity contribution is 7.99. The van der Waals surface area contributed by atoms with E-state index < -0.39 is 0 Å². The van der Waals surface area contributed by atoms with Gasteiger partial charge >= 0.3 is 0 Å². The molecule has 0 unspecified atom stereocenters. The summed E-state index contributed by atoms with van der Waals surface area (Å²) in [4.78, 5) is 17.1. The zero-order chi connectivity index (χ0) is 21.7. The predicted octanol–water partition coefficient (Wildman–Crippen LogP) is 5.78. The first-order valence-corrected chi connectivity index (χ1v) is 11.0. The second-order valence-corrected chi connectivity index (χ2v) is 9.59. The molecule has 0 bridgehead atoms. The first kappa shape index (κ1) is 22.4. The minimum Gasteiger partial charge on any atom is -0.491 e. The number of hydrogen-bond acceptors (Lipinski definition) is 4. The standard InChI is InChI=1S/C23H24ClFN2O2S/c1-23(2,3)15-29-20-9-8-18(14-19(20)24)27-12-11-26-21(22(27)28)30-13-10-16-4-6-17(25)7-5-16/h4-9,11-12,14H,10,13,15H2,1-3H3. The van der Waals surface area contributed by atoms with Crippen LogP contribution in [0.3, 0.4) is 0 Å². The van der Waals surface area contributed by atoms with Crippen molar-refractivity contribution in [1.29, 1.82) is 0 Å². The average Bonchev–Trinajstić information content (AvgIpc) is 2.69. The van der Waals surface area contributed by atoms with Crippen LogP contribution in [0.5, 0.6) is 5.75 Å². The Bertz CT molecular complexity index is 1060. The van der Waals surface area contributed by atoms with Gasteiger partial charge < -0.3 is 4.74 Å². The van der Waals surface area contributed by atoms with Crippen molar-refractivity contribution in [3.05, 3.63) is 81.6 Å². The van der Waals surface area contributed by atoms with Crippen LogP contribution in [-0.4, -0.2) is 21.9 Å². The lowest BCUT2D eigenvalue weighted by Crippen LogP contribution is -2.21. The first-order valence-electron chi connectivity index (χ1n) is 9.60. The molecule has 2 aromatic carbocycles. The summed E-state index contributed by atoms with van der Waals surface area (Å²) in [6.45, 7) is 6.79. The lowest BCUT2D eigenvalue weighted by Gasteiger charge is -2.19. The second-order valence-electron chi connectivity index (χ2n) is 8.10. The van der Waals surface area contributed by atoms with Crippen molar-refractivity contribution in [3.63, 3.8) is 0 Å². The molecule has 0 aliphatic rings. The molecule has 30 heavy (non-hydrogen) atoms. The van der Waals surface area contributed by atoms with Crippen LogP contribution < -0.4 is 10.3 Å². The molecular formula is C23H24ClFN2O2S. The SMILES string of the molecule is CC(C)(C)COc1ccc(-n2ccnc(SCCc3ccc(F)cc3)c2=O)cc1Cl. The summed E-state index contributed by atoms with van der Waals surface area (Å²) in [6, 6.07) is 11.7. The van der Waals surface area contributed by atoms with Gasteiger partial charge in [0, 0.05) is 18.1 Å². The molecule has 0 saturated carbocycles. The van der Waals surface area contributed by atoms with E-state index in [1.807, 2.05) is 0 Å². The van der Waals surface area contributed by atoms with Crippen molar-refractivity contribution < 1.29 is 9.13 Å². The van der Waals surface area contributed by atoms with Gasteiger partial charge in [0.1, 0.15) is 11.6 Å². The van der Waals surface area contributed by atoms with Gasteiger partial charge in [-0.3, -0.25) is 9.36 Å². The van der Waals surface area contributed by atoms with Crippen LogP contribution in [0.1, 0.15) is 26.3 Å². The van der Waals surface area contributed by atoms with Crippen molar-refractivity contribution in [1.82, 2.24) is 9.55 Å². The molecule has 3 aromatic rings. The third-order valence-electron chi connectivity index (χ3n) is 4.21.